The van der Waals surface area contributed by atoms with Crippen LogP contribution in [0.25, 0.3) is 0 Å². The molecule has 0 bridgehead atoms. The molecule has 1 rings (SSSR count). The second-order valence-electron chi connectivity index (χ2n) is 5.84. The molecule has 1 N–H and O–H groups in total. The molecule has 0 aliphatic heterocycles. The second-order valence-corrected chi connectivity index (χ2v) is 5.84. The molecule has 1 aliphatic rings. The quantitative estimate of drug-likeness (QED) is 0.682. The van der Waals surface area contributed by atoms with Crippen LogP contribution in [0.4, 0.5) is 0 Å². The maximum atomic E-state index is 9.53. The van der Waals surface area contributed by atoms with E-state index in [0.717, 1.165) is 19.3 Å². The molecular weight excluding hydrogens is 184 g/mol. The maximum absolute atomic E-state index is 9.53. The van der Waals surface area contributed by atoms with Crippen LogP contribution >= 0.6 is 0 Å². The SMILES string of the molecule is CCC(O)CCCC1(C)CC=CC1(C)C. The molecule has 2 atom stereocenters. The summed E-state index contributed by atoms with van der Waals surface area (Å²) in [5.74, 6) is 0. The molecule has 0 aromatic heterocycles. The number of hydrogen-bond donors (Lipinski definition) is 1. The Hall–Kier alpha value is -0.300. The van der Waals surface area contributed by atoms with Crippen molar-refractivity contribution >= 4 is 0 Å². The molecule has 0 heterocycles. The van der Waals surface area contributed by atoms with E-state index in [4.69, 9.17) is 0 Å². The lowest BCUT2D eigenvalue weighted by Crippen LogP contribution is -2.30. The van der Waals surface area contributed by atoms with Gasteiger partial charge in [0, 0.05) is 0 Å². The fourth-order valence-electron chi connectivity index (χ4n) is 2.43. The third-order valence-corrected chi connectivity index (χ3v) is 4.40. The Bertz CT molecular complexity index is 229. The predicted octanol–water partition coefficient (Wildman–Crippen LogP) is 3.92. The number of rotatable bonds is 5. The minimum atomic E-state index is -0.0916. The summed E-state index contributed by atoms with van der Waals surface area (Å²) in [6.45, 7) is 9.08. The topological polar surface area (TPSA) is 20.2 Å². The van der Waals surface area contributed by atoms with Crippen molar-refractivity contribution < 1.29 is 5.11 Å². The summed E-state index contributed by atoms with van der Waals surface area (Å²) in [5.41, 5.74) is 0.727. The lowest BCUT2D eigenvalue weighted by molar-refractivity contribution is 0.118. The van der Waals surface area contributed by atoms with Crippen molar-refractivity contribution in [3.8, 4) is 0 Å². The summed E-state index contributed by atoms with van der Waals surface area (Å²) in [6, 6.07) is 0. The lowest BCUT2D eigenvalue weighted by atomic mass is 9.66. The van der Waals surface area contributed by atoms with Crippen LogP contribution < -0.4 is 0 Å². The highest BCUT2D eigenvalue weighted by Gasteiger charge is 2.40. The molecule has 1 aliphatic carbocycles. The molecular formula is C14H26O. The highest BCUT2D eigenvalue weighted by Crippen LogP contribution is 2.51. The van der Waals surface area contributed by atoms with Crippen molar-refractivity contribution in [2.75, 3.05) is 0 Å². The molecule has 1 heteroatoms. The van der Waals surface area contributed by atoms with Crippen molar-refractivity contribution in [2.24, 2.45) is 10.8 Å². The average molecular weight is 210 g/mol. The Morgan fingerprint density at radius 2 is 2.00 bits per heavy atom. The highest BCUT2D eigenvalue weighted by atomic mass is 16.3. The van der Waals surface area contributed by atoms with E-state index in [1.807, 2.05) is 6.92 Å². The first kappa shape index (κ1) is 12.8. The van der Waals surface area contributed by atoms with E-state index in [1.54, 1.807) is 0 Å². The minimum absolute atomic E-state index is 0.0916. The van der Waals surface area contributed by atoms with Gasteiger partial charge in [-0.05, 0) is 36.5 Å². The van der Waals surface area contributed by atoms with E-state index in [-0.39, 0.29) is 6.10 Å². The highest BCUT2D eigenvalue weighted by molar-refractivity contribution is 5.12. The summed E-state index contributed by atoms with van der Waals surface area (Å²) in [6.07, 6.45) is 9.99. The Labute approximate surface area is 94.6 Å². The van der Waals surface area contributed by atoms with Crippen LogP contribution in [0.5, 0.6) is 0 Å². The number of hydrogen-bond acceptors (Lipinski definition) is 1. The normalized spacial score (nSPS) is 30.7. The van der Waals surface area contributed by atoms with E-state index in [0.29, 0.717) is 10.8 Å². The van der Waals surface area contributed by atoms with Gasteiger partial charge in [-0.15, -0.1) is 0 Å². The van der Waals surface area contributed by atoms with E-state index < -0.39 is 0 Å². The first-order valence-corrected chi connectivity index (χ1v) is 6.27. The van der Waals surface area contributed by atoms with Crippen molar-refractivity contribution in [3.05, 3.63) is 12.2 Å². The van der Waals surface area contributed by atoms with E-state index in [1.165, 1.54) is 12.8 Å². The van der Waals surface area contributed by atoms with Crippen molar-refractivity contribution in [1.82, 2.24) is 0 Å². The number of aliphatic hydroxyl groups is 1. The van der Waals surface area contributed by atoms with Crippen LogP contribution in [0, 0.1) is 10.8 Å². The average Bonchev–Trinajstić information content (AvgIpc) is 2.41. The van der Waals surface area contributed by atoms with Gasteiger partial charge in [-0.3, -0.25) is 0 Å². The zero-order valence-corrected chi connectivity index (χ0v) is 10.7. The molecule has 0 saturated heterocycles. The van der Waals surface area contributed by atoms with Gasteiger partial charge in [-0.25, -0.2) is 0 Å². The van der Waals surface area contributed by atoms with Crippen LogP contribution in [0.3, 0.4) is 0 Å². The Morgan fingerprint density at radius 1 is 1.33 bits per heavy atom. The molecule has 0 spiro atoms. The predicted molar refractivity (Wildman–Crippen MR) is 65.8 cm³/mol. The van der Waals surface area contributed by atoms with Gasteiger partial charge in [0.2, 0.25) is 0 Å². The molecule has 0 aromatic rings. The maximum Gasteiger partial charge on any atom is 0.0537 e. The fraction of sp³-hybridized carbons (Fsp3) is 0.857. The van der Waals surface area contributed by atoms with Gasteiger partial charge < -0.3 is 5.11 Å². The smallest absolute Gasteiger partial charge is 0.0537 e. The van der Waals surface area contributed by atoms with Gasteiger partial charge in [-0.2, -0.15) is 0 Å². The molecule has 1 nitrogen and oxygen atoms in total. The third-order valence-electron chi connectivity index (χ3n) is 4.40. The van der Waals surface area contributed by atoms with E-state index >= 15 is 0 Å². The van der Waals surface area contributed by atoms with Crippen molar-refractivity contribution in [2.45, 2.75) is 65.9 Å². The van der Waals surface area contributed by atoms with Gasteiger partial charge >= 0.3 is 0 Å². The van der Waals surface area contributed by atoms with Gasteiger partial charge in [-0.1, -0.05) is 46.3 Å². The summed E-state index contributed by atoms with van der Waals surface area (Å²) >= 11 is 0. The Balaban J connectivity index is 2.38. The van der Waals surface area contributed by atoms with Gasteiger partial charge in [0.15, 0.2) is 0 Å². The zero-order valence-electron chi connectivity index (χ0n) is 10.7. The van der Waals surface area contributed by atoms with Crippen LogP contribution in [-0.4, -0.2) is 11.2 Å². The lowest BCUT2D eigenvalue weighted by Gasteiger charge is -2.38. The van der Waals surface area contributed by atoms with Crippen LogP contribution in [0.2, 0.25) is 0 Å². The standard InChI is InChI=1S/C14H26O/c1-5-12(15)8-6-10-14(4)11-7-9-13(14,2)3/h7,9,12,15H,5-6,8,10-11H2,1-4H3. The number of allylic oxidation sites excluding steroid dienone is 2. The first-order chi connectivity index (χ1) is 6.91. The molecule has 0 aromatic carbocycles. The molecule has 88 valence electrons. The molecule has 0 saturated carbocycles. The molecule has 0 fully saturated rings. The molecule has 0 amide bonds. The largest absolute Gasteiger partial charge is 0.393 e. The van der Waals surface area contributed by atoms with E-state index in [2.05, 4.69) is 32.9 Å². The second kappa shape index (κ2) is 4.69. The molecule has 2 unspecified atom stereocenters. The number of aliphatic hydroxyl groups excluding tert-OH is 1. The van der Waals surface area contributed by atoms with Crippen molar-refractivity contribution in [1.29, 1.82) is 0 Å². The van der Waals surface area contributed by atoms with E-state index in [9.17, 15) is 5.11 Å². The minimum Gasteiger partial charge on any atom is -0.393 e. The van der Waals surface area contributed by atoms with Gasteiger partial charge in [0.1, 0.15) is 0 Å². The van der Waals surface area contributed by atoms with Crippen molar-refractivity contribution in [3.63, 3.8) is 0 Å². The fourth-order valence-corrected chi connectivity index (χ4v) is 2.43. The van der Waals surface area contributed by atoms with Crippen LogP contribution in [0.15, 0.2) is 12.2 Å². The monoisotopic (exact) mass is 210 g/mol. The summed E-state index contributed by atoms with van der Waals surface area (Å²) < 4.78 is 0. The first-order valence-electron chi connectivity index (χ1n) is 6.27. The zero-order chi connectivity index (χ0) is 11.5. The van der Waals surface area contributed by atoms with Gasteiger partial charge in [0.05, 0.1) is 6.10 Å². The summed E-state index contributed by atoms with van der Waals surface area (Å²) in [4.78, 5) is 0. The van der Waals surface area contributed by atoms with Crippen LogP contribution in [-0.2, 0) is 0 Å². The van der Waals surface area contributed by atoms with Gasteiger partial charge in [0.25, 0.3) is 0 Å². The van der Waals surface area contributed by atoms with Crippen LogP contribution in [0.1, 0.15) is 59.8 Å². The third kappa shape index (κ3) is 2.84. The molecule has 0 radical (unpaired) electrons. The molecule has 15 heavy (non-hydrogen) atoms. The summed E-state index contributed by atoms with van der Waals surface area (Å²) in [5, 5.41) is 9.53. The summed E-state index contributed by atoms with van der Waals surface area (Å²) in [7, 11) is 0. The Kier molecular flexibility index (Phi) is 3.99. The Morgan fingerprint density at radius 3 is 2.47 bits per heavy atom.